The fourth-order valence-electron chi connectivity index (χ4n) is 1.29. The minimum Gasteiger partial charge on any atom is -0.466 e. The molecule has 0 heterocycles. The molecule has 0 aliphatic rings. The van der Waals surface area contributed by atoms with Crippen molar-refractivity contribution in [3.8, 4) is 0 Å². The summed E-state index contributed by atoms with van der Waals surface area (Å²) >= 11 is 2.96. The Morgan fingerprint density at radius 2 is 2.06 bits per heavy atom. The number of nitro benzene ring substituents is 1. The Bertz CT molecular complexity index is 483. The third-order valence-corrected chi connectivity index (χ3v) is 2.75. The van der Waals surface area contributed by atoms with Gasteiger partial charge >= 0.3 is 5.97 Å². The number of carbonyl (C=O) groups excluding carboxylic acids is 1. The summed E-state index contributed by atoms with van der Waals surface area (Å²) in [5.74, 6) is -0.683. The number of aliphatic hydroxyl groups is 1. The summed E-state index contributed by atoms with van der Waals surface area (Å²) < 4.78 is 4.50. The molecule has 6 nitrogen and oxygen atoms in total. The standard InChI is InChI=1S/C11H10BrNO5/c1-18-11(15)9(6-12)10(14)7-2-4-8(5-3-7)13(16)17/h2-6,10,14H,1H3/b9-6+. The lowest BCUT2D eigenvalue weighted by Crippen LogP contribution is -2.12. The van der Waals surface area contributed by atoms with E-state index in [0.717, 1.165) is 0 Å². The van der Waals surface area contributed by atoms with Crippen molar-refractivity contribution in [3.63, 3.8) is 0 Å². The maximum absolute atomic E-state index is 11.3. The van der Waals surface area contributed by atoms with Gasteiger partial charge < -0.3 is 9.84 Å². The van der Waals surface area contributed by atoms with Crippen molar-refractivity contribution in [2.45, 2.75) is 6.10 Å². The van der Waals surface area contributed by atoms with E-state index in [1.807, 2.05) is 0 Å². The van der Waals surface area contributed by atoms with E-state index in [1.165, 1.54) is 36.4 Å². The molecule has 1 unspecified atom stereocenters. The van der Waals surface area contributed by atoms with Crippen molar-refractivity contribution in [2.75, 3.05) is 7.11 Å². The second-order valence-corrected chi connectivity index (χ2v) is 3.77. The van der Waals surface area contributed by atoms with Gasteiger partial charge in [-0.2, -0.15) is 0 Å². The van der Waals surface area contributed by atoms with E-state index in [4.69, 9.17) is 0 Å². The zero-order valence-corrected chi connectivity index (χ0v) is 11.0. The summed E-state index contributed by atoms with van der Waals surface area (Å²) in [6.45, 7) is 0. The first-order valence-corrected chi connectivity index (χ1v) is 5.73. The predicted octanol–water partition coefficient (Wildman–Crippen LogP) is 2.08. The molecule has 0 aliphatic carbocycles. The van der Waals surface area contributed by atoms with Gasteiger partial charge in [0, 0.05) is 12.1 Å². The topological polar surface area (TPSA) is 89.7 Å². The monoisotopic (exact) mass is 315 g/mol. The second-order valence-electron chi connectivity index (χ2n) is 3.31. The van der Waals surface area contributed by atoms with Gasteiger partial charge in [0.25, 0.3) is 5.69 Å². The van der Waals surface area contributed by atoms with Crippen LogP contribution in [0.3, 0.4) is 0 Å². The zero-order chi connectivity index (χ0) is 13.7. The molecule has 1 atom stereocenters. The Morgan fingerprint density at radius 1 is 1.50 bits per heavy atom. The number of halogens is 1. The fraction of sp³-hybridized carbons (Fsp3) is 0.182. The van der Waals surface area contributed by atoms with Crippen LogP contribution in [0, 0.1) is 10.1 Å². The summed E-state index contributed by atoms with van der Waals surface area (Å²) in [5.41, 5.74) is 0.274. The Balaban J connectivity index is 2.99. The lowest BCUT2D eigenvalue weighted by atomic mass is 10.0. The third kappa shape index (κ3) is 3.14. The summed E-state index contributed by atoms with van der Waals surface area (Å²) in [6, 6.07) is 5.26. The van der Waals surface area contributed by atoms with Gasteiger partial charge in [-0.15, -0.1) is 0 Å². The lowest BCUT2D eigenvalue weighted by molar-refractivity contribution is -0.384. The van der Waals surface area contributed by atoms with Crippen LogP contribution in [-0.2, 0) is 9.53 Å². The normalized spacial score (nSPS) is 12.9. The van der Waals surface area contributed by atoms with Crippen LogP contribution in [0.2, 0.25) is 0 Å². The van der Waals surface area contributed by atoms with Crippen LogP contribution >= 0.6 is 15.9 Å². The molecule has 0 amide bonds. The molecule has 0 saturated heterocycles. The molecule has 1 rings (SSSR count). The smallest absolute Gasteiger partial charge is 0.337 e. The van der Waals surface area contributed by atoms with Crippen molar-refractivity contribution < 1.29 is 19.6 Å². The number of methoxy groups -OCH3 is 1. The van der Waals surface area contributed by atoms with Crippen LogP contribution in [0.4, 0.5) is 5.69 Å². The molecule has 96 valence electrons. The highest BCUT2D eigenvalue weighted by molar-refractivity contribution is 9.11. The SMILES string of the molecule is COC(=O)/C(=C/Br)C(O)c1ccc([N+](=O)[O-])cc1. The quantitative estimate of drug-likeness (QED) is 0.397. The minimum atomic E-state index is -1.21. The van der Waals surface area contributed by atoms with Gasteiger partial charge in [-0.05, 0) is 22.7 Å². The molecular formula is C11H10BrNO5. The molecule has 1 aromatic rings. The zero-order valence-electron chi connectivity index (χ0n) is 9.37. The number of carbonyl (C=O) groups is 1. The van der Waals surface area contributed by atoms with Crippen molar-refractivity contribution in [3.05, 3.63) is 50.5 Å². The van der Waals surface area contributed by atoms with Gasteiger partial charge in [0.05, 0.1) is 17.6 Å². The number of aliphatic hydroxyl groups excluding tert-OH is 1. The highest BCUT2D eigenvalue weighted by atomic mass is 79.9. The number of benzene rings is 1. The van der Waals surface area contributed by atoms with E-state index < -0.39 is 17.0 Å². The molecule has 0 aliphatic heterocycles. The summed E-state index contributed by atoms with van der Waals surface area (Å²) in [6.07, 6.45) is -1.21. The van der Waals surface area contributed by atoms with Crippen LogP contribution in [0.15, 0.2) is 34.8 Å². The maximum Gasteiger partial charge on any atom is 0.337 e. The molecule has 0 saturated carbocycles. The number of hydrogen-bond donors (Lipinski definition) is 1. The number of non-ortho nitro benzene ring substituents is 1. The van der Waals surface area contributed by atoms with Crippen LogP contribution in [0.5, 0.6) is 0 Å². The highest BCUT2D eigenvalue weighted by Crippen LogP contribution is 2.25. The van der Waals surface area contributed by atoms with Gasteiger partial charge in [0.2, 0.25) is 0 Å². The molecule has 0 radical (unpaired) electrons. The van der Waals surface area contributed by atoms with Gasteiger partial charge in [-0.25, -0.2) is 4.79 Å². The first kappa shape index (κ1) is 14.3. The van der Waals surface area contributed by atoms with E-state index >= 15 is 0 Å². The lowest BCUT2D eigenvalue weighted by Gasteiger charge is -2.12. The first-order chi connectivity index (χ1) is 8.51. The van der Waals surface area contributed by atoms with Crippen LogP contribution in [0.25, 0.3) is 0 Å². The van der Waals surface area contributed by atoms with Crippen LogP contribution in [0.1, 0.15) is 11.7 Å². The largest absolute Gasteiger partial charge is 0.466 e. The average molecular weight is 316 g/mol. The van der Waals surface area contributed by atoms with E-state index in [-0.39, 0.29) is 11.3 Å². The molecule has 0 bridgehead atoms. The third-order valence-electron chi connectivity index (χ3n) is 2.25. The molecule has 7 heteroatoms. The number of esters is 1. The molecule has 18 heavy (non-hydrogen) atoms. The Morgan fingerprint density at radius 3 is 2.44 bits per heavy atom. The fourth-order valence-corrected chi connectivity index (χ4v) is 1.73. The number of ether oxygens (including phenoxy) is 1. The van der Waals surface area contributed by atoms with Gasteiger partial charge in [0.1, 0.15) is 6.10 Å². The second kappa shape index (κ2) is 6.27. The average Bonchev–Trinajstić information content (AvgIpc) is 2.39. The van der Waals surface area contributed by atoms with Crippen molar-refractivity contribution >= 4 is 27.6 Å². The van der Waals surface area contributed by atoms with E-state index in [1.54, 1.807) is 0 Å². The van der Waals surface area contributed by atoms with E-state index in [2.05, 4.69) is 20.7 Å². The van der Waals surface area contributed by atoms with Crippen molar-refractivity contribution in [2.24, 2.45) is 0 Å². The maximum atomic E-state index is 11.3. The molecule has 0 fully saturated rings. The summed E-state index contributed by atoms with van der Waals surface area (Å²) in [4.78, 5) is 22.5. The van der Waals surface area contributed by atoms with Gasteiger partial charge in [0.15, 0.2) is 0 Å². The summed E-state index contributed by atoms with van der Waals surface area (Å²) in [7, 11) is 1.20. The Labute approximate surface area is 111 Å². The number of hydrogen-bond acceptors (Lipinski definition) is 5. The number of nitrogens with zero attached hydrogens (tertiary/aromatic N) is 1. The van der Waals surface area contributed by atoms with E-state index in [0.29, 0.717) is 5.56 Å². The Hall–Kier alpha value is -1.73. The first-order valence-electron chi connectivity index (χ1n) is 4.82. The van der Waals surface area contributed by atoms with Crippen molar-refractivity contribution in [1.82, 2.24) is 0 Å². The summed E-state index contributed by atoms with van der Waals surface area (Å²) in [5, 5.41) is 20.4. The molecule has 1 N–H and O–H groups in total. The molecular weight excluding hydrogens is 306 g/mol. The van der Waals surface area contributed by atoms with Crippen molar-refractivity contribution in [1.29, 1.82) is 0 Å². The van der Waals surface area contributed by atoms with Gasteiger partial charge in [-0.1, -0.05) is 15.9 Å². The Kier molecular flexibility index (Phi) is 4.99. The van der Waals surface area contributed by atoms with E-state index in [9.17, 15) is 20.0 Å². The molecule has 0 aromatic heterocycles. The van der Waals surface area contributed by atoms with Gasteiger partial charge in [-0.3, -0.25) is 10.1 Å². The van der Waals surface area contributed by atoms with Crippen LogP contribution < -0.4 is 0 Å². The van der Waals surface area contributed by atoms with Crippen LogP contribution in [-0.4, -0.2) is 23.1 Å². The number of nitro groups is 1. The number of rotatable bonds is 4. The minimum absolute atomic E-state index is 0.00588. The highest BCUT2D eigenvalue weighted by Gasteiger charge is 2.21. The molecule has 0 spiro atoms. The molecule has 1 aromatic carbocycles. The predicted molar refractivity (Wildman–Crippen MR) is 67.1 cm³/mol.